The largest absolute Gasteiger partial charge is 0.502 e. The minimum atomic E-state index is -0.739. The molecule has 1 N–H and O–H groups in total. The summed E-state index contributed by atoms with van der Waals surface area (Å²) < 4.78 is 9.05. The van der Waals surface area contributed by atoms with Crippen LogP contribution in [0, 0.1) is 0 Å². The molecule has 0 heterocycles. The summed E-state index contributed by atoms with van der Waals surface area (Å²) in [5, 5.41) is 8.38. The summed E-state index contributed by atoms with van der Waals surface area (Å²) in [5.41, 5.74) is 0. The lowest BCUT2D eigenvalue weighted by molar-refractivity contribution is -0.142. The van der Waals surface area contributed by atoms with Gasteiger partial charge in [-0.1, -0.05) is 20.4 Å². The fourth-order valence-corrected chi connectivity index (χ4v) is 0.540. The van der Waals surface area contributed by atoms with E-state index in [1.54, 1.807) is 0 Å². The number of ether oxygens (including phenoxy) is 2. The Morgan fingerprint density at radius 3 is 2.00 bits per heavy atom. The first-order chi connectivity index (χ1) is 7.99. The molecular formula is C12H20O5. The topological polar surface area (TPSA) is 72.8 Å². The van der Waals surface area contributed by atoms with Gasteiger partial charge in [-0.15, -0.1) is 0 Å². The van der Waals surface area contributed by atoms with Gasteiger partial charge in [0.1, 0.15) is 0 Å². The molecule has 0 spiro atoms. The van der Waals surface area contributed by atoms with Crippen LogP contribution in [0.25, 0.3) is 0 Å². The number of rotatable bonds is 6. The standard InChI is InChI=1S/C6H10O3.C6H10O2/c1-3-4-9-6(8)5(2)7;1-3-5-8-6(7)4-2/h7H,2-4H2,1H3;4H,2-3,5H2,1H3. The Morgan fingerprint density at radius 1 is 1.18 bits per heavy atom. The number of esters is 2. The second-order valence-electron chi connectivity index (χ2n) is 2.95. The number of aliphatic hydroxyl groups excluding tert-OH is 1. The molecule has 0 aliphatic carbocycles. The summed E-state index contributed by atoms with van der Waals surface area (Å²) in [5.74, 6) is -1.62. The number of carbonyl (C=O) groups is 2. The van der Waals surface area contributed by atoms with Gasteiger partial charge in [-0.05, 0) is 19.4 Å². The van der Waals surface area contributed by atoms with Gasteiger partial charge < -0.3 is 14.6 Å². The zero-order valence-corrected chi connectivity index (χ0v) is 10.4. The van der Waals surface area contributed by atoms with Gasteiger partial charge in [-0.3, -0.25) is 0 Å². The molecule has 0 aromatic rings. The third-order valence-corrected chi connectivity index (χ3v) is 1.29. The van der Waals surface area contributed by atoms with Crippen molar-refractivity contribution in [2.24, 2.45) is 0 Å². The van der Waals surface area contributed by atoms with Gasteiger partial charge in [0.25, 0.3) is 0 Å². The Morgan fingerprint density at radius 2 is 1.65 bits per heavy atom. The van der Waals surface area contributed by atoms with Crippen LogP contribution in [-0.4, -0.2) is 30.3 Å². The quantitative estimate of drug-likeness (QED) is 0.440. The first kappa shape index (κ1) is 17.6. The molecule has 0 saturated carbocycles. The summed E-state index contributed by atoms with van der Waals surface area (Å²) in [6, 6.07) is 0. The third-order valence-electron chi connectivity index (χ3n) is 1.29. The van der Waals surface area contributed by atoms with E-state index in [1.165, 1.54) is 0 Å². The minimum absolute atomic E-state index is 0.332. The van der Waals surface area contributed by atoms with Crippen LogP contribution in [-0.2, 0) is 19.1 Å². The molecule has 0 radical (unpaired) electrons. The van der Waals surface area contributed by atoms with Crippen LogP contribution >= 0.6 is 0 Å². The molecule has 5 heteroatoms. The molecule has 0 saturated heterocycles. The van der Waals surface area contributed by atoms with Crippen molar-refractivity contribution in [3.05, 3.63) is 25.0 Å². The molecule has 0 aromatic heterocycles. The van der Waals surface area contributed by atoms with E-state index in [2.05, 4.69) is 22.6 Å². The van der Waals surface area contributed by atoms with E-state index < -0.39 is 11.7 Å². The first-order valence-electron chi connectivity index (χ1n) is 5.33. The predicted octanol–water partition coefficient (Wildman–Crippen LogP) is 2.14. The van der Waals surface area contributed by atoms with E-state index in [0.29, 0.717) is 13.2 Å². The maximum Gasteiger partial charge on any atom is 0.372 e. The summed E-state index contributed by atoms with van der Waals surface area (Å²) in [6.45, 7) is 10.9. The fourth-order valence-electron chi connectivity index (χ4n) is 0.540. The van der Waals surface area contributed by atoms with Crippen molar-refractivity contribution in [2.45, 2.75) is 26.7 Å². The van der Waals surface area contributed by atoms with Gasteiger partial charge in [0.2, 0.25) is 0 Å². The Balaban J connectivity index is 0. The van der Waals surface area contributed by atoms with Gasteiger partial charge in [0.15, 0.2) is 5.76 Å². The second kappa shape index (κ2) is 12.3. The van der Waals surface area contributed by atoms with E-state index in [0.717, 1.165) is 18.9 Å². The molecule has 0 aliphatic rings. The Labute approximate surface area is 102 Å². The number of hydrogen-bond acceptors (Lipinski definition) is 5. The molecule has 0 bridgehead atoms. The van der Waals surface area contributed by atoms with E-state index in [-0.39, 0.29) is 5.97 Å². The summed E-state index contributed by atoms with van der Waals surface area (Å²) in [6.07, 6.45) is 2.77. The Bertz CT molecular complexity index is 258. The fraction of sp³-hybridized carbons (Fsp3) is 0.500. The highest BCUT2D eigenvalue weighted by atomic mass is 16.5. The molecule has 0 rings (SSSR count). The highest BCUT2D eigenvalue weighted by Crippen LogP contribution is 1.89. The summed E-state index contributed by atoms with van der Waals surface area (Å²) in [7, 11) is 0. The molecule has 0 aliphatic heterocycles. The zero-order chi connectivity index (χ0) is 13.7. The predicted molar refractivity (Wildman–Crippen MR) is 64.5 cm³/mol. The second-order valence-corrected chi connectivity index (χ2v) is 2.95. The molecule has 17 heavy (non-hydrogen) atoms. The summed E-state index contributed by atoms with van der Waals surface area (Å²) >= 11 is 0. The van der Waals surface area contributed by atoms with Gasteiger partial charge >= 0.3 is 11.9 Å². The zero-order valence-electron chi connectivity index (χ0n) is 10.4. The SMILES string of the molecule is C=C(O)C(=O)OCCC.C=CC(=O)OCCC. The van der Waals surface area contributed by atoms with Crippen molar-refractivity contribution < 1.29 is 24.2 Å². The minimum Gasteiger partial charge on any atom is -0.502 e. The Hall–Kier alpha value is -1.78. The maximum atomic E-state index is 10.3. The van der Waals surface area contributed by atoms with Crippen molar-refractivity contribution in [3.63, 3.8) is 0 Å². The van der Waals surface area contributed by atoms with Gasteiger partial charge in [0.05, 0.1) is 13.2 Å². The lowest BCUT2D eigenvalue weighted by Gasteiger charge is -1.98. The molecule has 0 atom stereocenters. The molecule has 0 amide bonds. The molecule has 0 fully saturated rings. The lowest BCUT2D eigenvalue weighted by Crippen LogP contribution is -2.06. The maximum absolute atomic E-state index is 10.3. The van der Waals surface area contributed by atoms with Crippen molar-refractivity contribution in [2.75, 3.05) is 13.2 Å². The Kier molecular flexibility index (Phi) is 12.7. The molecule has 0 unspecified atom stereocenters. The van der Waals surface area contributed by atoms with Crippen LogP contribution in [0.1, 0.15) is 26.7 Å². The molecule has 98 valence electrons. The van der Waals surface area contributed by atoms with E-state index in [1.807, 2.05) is 13.8 Å². The van der Waals surface area contributed by atoms with E-state index >= 15 is 0 Å². The normalized spacial score (nSPS) is 8.35. The van der Waals surface area contributed by atoms with Crippen molar-refractivity contribution in [1.29, 1.82) is 0 Å². The highest BCUT2D eigenvalue weighted by Gasteiger charge is 2.02. The monoisotopic (exact) mass is 244 g/mol. The van der Waals surface area contributed by atoms with Crippen molar-refractivity contribution in [3.8, 4) is 0 Å². The van der Waals surface area contributed by atoms with Crippen LogP contribution in [0.15, 0.2) is 25.0 Å². The lowest BCUT2D eigenvalue weighted by atomic mass is 10.5. The van der Waals surface area contributed by atoms with Crippen LogP contribution in [0.4, 0.5) is 0 Å². The van der Waals surface area contributed by atoms with Gasteiger partial charge in [-0.2, -0.15) is 0 Å². The van der Waals surface area contributed by atoms with Crippen LogP contribution in [0.5, 0.6) is 0 Å². The van der Waals surface area contributed by atoms with Crippen LogP contribution in [0.2, 0.25) is 0 Å². The van der Waals surface area contributed by atoms with Crippen LogP contribution in [0.3, 0.4) is 0 Å². The smallest absolute Gasteiger partial charge is 0.372 e. The number of carbonyl (C=O) groups excluding carboxylic acids is 2. The third kappa shape index (κ3) is 14.2. The number of hydrogen-bond donors (Lipinski definition) is 1. The molecule has 5 nitrogen and oxygen atoms in total. The molecular weight excluding hydrogens is 224 g/mol. The van der Waals surface area contributed by atoms with Crippen molar-refractivity contribution >= 4 is 11.9 Å². The van der Waals surface area contributed by atoms with Crippen LogP contribution < -0.4 is 0 Å². The first-order valence-corrected chi connectivity index (χ1v) is 5.33. The van der Waals surface area contributed by atoms with Crippen molar-refractivity contribution in [1.82, 2.24) is 0 Å². The van der Waals surface area contributed by atoms with Gasteiger partial charge in [0, 0.05) is 6.08 Å². The molecule has 0 aromatic carbocycles. The van der Waals surface area contributed by atoms with E-state index in [9.17, 15) is 9.59 Å². The highest BCUT2D eigenvalue weighted by molar-refractivity contribution is 5.84. The summed E-state index contributed by atoms with van der Waals surface area (Å²) in [4.78, 5) is 20.6. The van der Waals surface area contributed by atoms with Gasteiger partial charge in [-0.25, -0.2) is 9.59 Å². The average molecular weight is 244 g/mol. The van der Waals surface area contributed by atoms with E-state index in [4.69, 9.17) is 5.11 Å². The number of aliphatic hydroxyl groups is 1. The average Bonchev–Trinajstić information content (AvgIpc) is 2.33.